The smallest absolute Gasteiger partial charge is 0.328 e. The second-order valence-electron chi connectivity index (χ2n) is 6.65. The first-order chi connectivity index (χ1) is 12.6. The van der Waals surface area contributed by atoms with Crippen molar-refractivity contribution < 1.29 is 27.5 Å². The van der Waals surface area contributed by atoms with Crippen molar-refractivity contribution in [2.45, 2.75) is 49.2 Å². The Labute approximate surface area is 158 Å². The molecule has 3 amide bonds. The van der Waals surface area contributed by atoms with Gasteiger partial charge in [-0.1, -0.05) is 18.9 Å². The zero-order valence-corrected chi connectivity index (χ0v) is 16.4. The van der Waals surface area contributed by atoms with E-state index in [0.717, 1.165) is 11.1 Å². The lowest BCUT2D eigenvalue weighted by Gasteiger charge is -2.26. The summed E-state index contributed by atoms with van der Waals surface area (Å²) in [5.41, 5.74) is 1.76. The largest absolute Gasteiger partial charge is 0.454 e. The van der Waals surface area contributed by atoms with Crippen LogP contribution in [0.3, 0.4) is 0 Å². The van der Waals surface area contributed by atoms with Gasteiger partial charge >= 0.3 is 12.0 Å². The molecule has 1 aliphatic rings. The van der Waals surface area contributed by atoms with Crippen molar-refractivity contribution in [3.63, 3.8) is 0 Å². The van der Waals surface area contributed by atoms with E-state index in [2.05, 4.69) is 5.32 Å². The number of hydrogen-bond acceptors (Lipinski definition) is 6. The average Bonchev–Trinajstić information content (AvgIpc) is 3.13. The lowest BCUT2D eigenvalue weighted by atomic mass is 10.1. The van der Waals surface area contributed by atoms with Gasteiger partial charge in [-0.05, 0) is 49.9 Å². The third kappa shape index (κ3) is 4.13. The number of carbonyl (C=O) groups excluding carboxylic acids is 3. The number of imide groups is 1. The van der Waals surface area contributed by atoms with Gasteiger partial charge in [0.2, 0.25) is 0 Å². The van der Waals surface area contributed by atoms with Gasteiger partial charge in [0.15, 0.2) is 21.2 Å². The number of ether oxygens (including phenoxy) is 1. The van der Waals surface area contributed by atoms with Crippen molar-refractivity contribution >= 4 is 27.7 Å². The third-order valence-corrected chi connectivity index (χ3v) is 7.38. The number of carbonyl (C=O) groups is 3. The first-order valence-electron chi connectivity index (χ1n) is 8.65. The molecule has 2 N–H and O–H groups in total. The summed E-state index contributed by atoms with van der Waals surface area (Å²) in [6, 6.07) is 4.00. The molecule has 1 saturated carbocycles. The fourth-order valence-electron chi connectivity index (χ4n) is 3.12. The minimum atomic E-state index is -4.00. The molecule has 0 unspecified atom stereocenters. The zero-order valence-electron chi connectivity index (χ0n) is 15.6. The van der Waals surface area contributed by atoms with Crippen LogP contribution < -0.4 is 10.6 Å². The van der Waals surface area contributed by atoms with E-state index in [9.17, 15) is 22.8 Å². The monoisotopic (exact) mass is 396 g/mol. The number of esters is 1. The minimum absolute atomic E-state index is 0.0688. The van der Waals surface area contributed by atoms with Gasteiger partial charge in [-0.2, -0.15) is 0 Å². The predicted molar refractivity (Wildman–Crippen MR) is 97.9 cm³/mol. The normalized spacial score (nSPS) is 15.8. The number of urea groups is 1. The molecular formula is C18H24N2O6S. The molecule has 2 rings (SSSR count). The van der Waals surface area contributed by atoms with E-state index in [0.29, 0.717) is 12.8 Å². The summed E-state index contributed by atoms with van der Waals surface area (Å²) in [5.74, 6) is -1.79. The van der Waals surface area contributed by atoms with Gasteiger partial charge in [-0.3, -0.25) is 14.9 Å². The van der Waals surface area contributed by atoms with E-state index < -0.39 is 39.1 Å². The van der Waals surface area contributed by atoms with Crippen molar-refractivity contribution in [3.8, 4) is 0 Å². The van der Waals surface area contributed by atoms with Crippen LogP contribution in [0.5, 0.6) is 0 Å². The van der Waals surface area contributed by atoms with Crippen molar-refractivity contribution in [1.29, 1.82) is 0 Å². The maximum atomic E-state index is 13.3. The summed E-state index contributed by atoms with van der Waals surface area (Å²) < 4.78 is 29.8. The highest BCUT2D eigenvalue weighted by molar-refractivity contribution is 7.93. The number of rotatable bonds is 5. The van der Waals surface area contributed by atoms with Gasteiger partial charge < -0.3 is 10.1 Å². The second-order valence-corrected chi connectivity index (χ2v) is 8.91. The van der Waals surface area contributed by atoms with E-state index >= 15 is 0 Å². The first-order valence-corrected chi connectivity index (χ1v) is 10.1. The molecule has 1 aromatic carbocycles. The average molecular weight is 396 g/mol. The van der Waals surface area contributed by atoms with E-state index in [1.165, 1.54) is 13.1 Å². The van der Waals surface area contributed by atoms with Crippen LogP contribution in [0.25, 0.3) is 0 Å². The van der Waals surface area contributed by atoms with Gasteiger partial charge in [-0.25, -0.2) is 13.2 Å². The first kappa shape index (κ1) is 20.9. The Hall–Kier alpha value is -2.42. The highest BCUT2D eigenvalue weighted by Crippen LogP contribution is 2.41. The molecule has 0 atom stereocenters. The third-order valence-electron chi connectivity index (χ3n) is 4.90. The van der Waals surface area contributed by atoms with Crippen LogP contribution in [-0.4, -0.2) is 44.7 Å². The molecule has 0 aliphatic heterocycles. The Bertz CT molecular complexity index is 857. The molecule has 0 aromatic heterocycles. The lowest BCUT2D eigenvalue weighted by molar-refractivity contribution is -0.150. The Balaban J connectivity index is 2.25. The standard InChI is InChI=1S/C18H24N2O6S/c1-12-6-7-14(10-13(12)2)27(24,25)18(8-4-5-9-18)16(22)26-11-15(21)20-17(23)19-3/h6-7,10H,4-5,8-9,11H2,1-3H3,(H2,19,20,21,23). The van der Waals surface area contributed by atoms with Gasteiger partial charge in [0.05, 0.1) is 4.90 Å². The summed E-state index contributed by atoms with van der Waals surface area (Å²) >= 11 is 0. The molecular weight excluding hydrogens is 372 g/mol. The fraction of sp³-hybridized carbons (Fsp3) is 0.500. The molecule has 0 bridgehead atoms. The van der Waals surface area contributed by atoms with E-state index in [4.69, 9.17) is 4.74 Å². The Morgan fingerprint density at radius 3 is 2.30 bits per heavy atom. The lowest BCUT2D eigenvalue weighted by Crippen LogP contribution is -2.47. The number of sulfone groups is 1. The molecule has 148 valence electrons. The highest BCUT2D eigenvalue weighted by atomic mass is 32.2. The van der Waals surface area contributed by atoms with E-state index in [1.807, 2.05) is 12.2 Å². The molecule has 0 heterocycles. The molecule has 1 fully saturated rings. The van der Waals surface area contributed by atoms with Crippen LogP contribution in [0.2, 0.25) is 0 Å². The molecule has 0 saturated heterocycles. The molecule has 0 radical (unpaired) electrons. The summed E-state index contributed by atoms with van der Waals surface area (Å²) in [7, 11) is -2.67. The van der Waals surface area contributed by atoms with Crippen LogP contribution in [-0.2, 0) is 24.2 Å². The molecule has 1 aromatic rings. The Kier molecular flexibility index (Phi) is 6.25. The summed E-state index contributed by atoms with van der Waals surface area (Å²) in [4.78, 5) is 35.5. The van der Waals surface area contributed by atoms with Crippen molar-refractivity contribution in [2.75, 3.05) is 13.7 Å². The van der Waals surface area contributed by atoms with Gasteiger partial charge in [0, 0.05) is 7.05 Å². The summed E-state index contributed by atoms with van der Waals surface area (Å²) in [6.45, 7) is 2.95. The van der Waals surface area contributed by atoms with E-state index in [1.54, 1.807) is 19.1 Å². The van der Waals surface area contributed by atoms with Crippen LogP contribution >= 0.6 is 0 Å². The molecule has 0 spiro atoms. The topological polar surface area (TPSA) is 119 Å². The van der Waals surface area contributed by atoms with Gasteiger partial charge in [0.1, 0.15) is 0 Å². The number of nitrogens with one attached hydrogen (secondary N) is 2. The van der Waals surface area contributed by atoms with Gasteiger partial charge in [-0.15, -0.1) is 0 Å². The number of amides is 3. The second kappa shape index (κ2) is 8.08. The molecule has 27 heavy (non-hydrogen) atoms. The summed E-state index contributed by atoms with van der Waals surface area (Å²) in [5, 5.41) is 4.15. The Morgan fingerprint density at radius 2 is 1.74 bits per heavy atom. The summed E-state index contributed by atoms with van der Waals surface area (Å²) in [6.07, 6.45) is 1.42. The van der Waals surface area contributed by atoms with Gasteiger partial charge in [0.25, 0.3) is 5.91 Å². The van der Waals surface area contributed by atoms with Crippen LogP contribution in [0, 0.1) is 13.8 Å². The number of aryl methyl sites for hydroxylation is 2. The fourth-order valence-corrected chi connectivity index (χ4v) is 5.26. The van der Waals surface area contributed by atoms with Crippen molar-refractivity contribution in [1.82, 2.24) is 10.6 Å². The SMILES string of the molecule is CNC(=O)NC(=O)COC(=O)C1(S(=O)(=O)c2ccc(C)c(C)c2)CCCC1. The number of hydrogen-bond donors (Lipinski definition) is 2. The maximum absolute atomic E-state index is 13.3. The predicted octanol–water partition coefficient (Wildman–Crippen LogP) is 1.39. The molecule has 8 nitrogen and oxygen atoms in total. The van der Waals surface area contributed by atoms with Crippen LogP contribution in [0.1, 0.15) is 36.8 Å². The van der Waals surface area contributed by atoms with Crippen LogP contribution in [0.15, 0.2) is 23.1 Å². The minimum Gasteiger partial charge on any atom is -0.454 e. The molecule has 1 aliphatic carbocycles. The van der Waals surface area contributed by atoms with Crippen molar-refractivity contribution in [2.24, 2.45) is 0 Å². The van der Waals surface area contributed by atoms with Crippen molar-refractivity contribution in [3.05, 3.63) is 29.3 Å². The quantitative estimate of drug-likeness (QED) is 0.726. The van der Waals surface area contributed by atoms with E-state index in [-0.39, 0.29) is 17.7 Å². The zero-order chi connectivity index (χ0) is 20.2. The number of benzene rings is 1. The maximum Gasteiger partial charge on any atom is 0.328 e. The van der Waals surface area contributed by atoms with Crippen LogP contribution in [0.4, 0.5) is 4.79 Å². The molecule has 9 heteroatoms. The highest BCUT2D eigenvalue weighted by Gasteiger charge is 2.54. The Morgan fingerprint density at radius 1 is 1.11 bits per heavy atom.